The van der Waals surface area contributed by atoms with E-state index in [-0.39, 0.29) is 0 Å². The number of benzene rings is 2. The highest BCUT2D eigenvalue weighted by atomic mass is 16.1. The first kappa shape index (κ1) is 21.1. The molecule has 2 heterocycles. The number of piperazine rings is 1. The summed E-state index contributed by atoms with van der Waals surface area (Å²) in [5.74, 6) is 0.548. The number of carbonyl (C=O) groups excluding carboxylic acids is 1. The van der Waals surface area contributed by atoms with Crippen molar-refractivity contribution in [2.45, 2.75) is 19.8 Å². The Labute approximate surface area is 184 Å². The van der Waals surface area contributed by atoms with Crippen molar-refractivity contribution in [2.75, 3.05) is 43.4 Å². The fourth-order valence-corrected chi connectivity index (χ4v) is 4.32. The molecule has 5 nitrogen and oxygen atoms in total. The van der Waals surface area contributed by atoms with E-state index in [1.165, 1.54) is 16.8 Å². The first-order chi connectivity index (χ1) is 15.1. The number of aryl methyl sites for hydroxylation is 1. The van der Waals surface area contributed by atoms with E-state index in [1.54, 1.807) is 0 Å². The van der Waals surface area contributed by atoms with Gasteiger partial charge in [-0.05, 0) is 54.3 Å². The predicted molar refractivity (Wildman–Crippen MR) is 127 cm³/mol. The molecule has 4 rings (SSSR count). The number of anilines is 2. The summed E-state index contributed by atoms with van der Waals surface area (Å²) >= 11 is 0. The van der Waals surface area contributed by atoms with E-state index in [2.05, 4.69) is 58.1 Å². The molecular formula is C26H30N4O. The van der Waals surface area contributed by atoms with E-state index in [9.17, 15) is 4.79 Å². The maximum atomic E-state index is 11.0. The lowest BCUT2D eigenvalue weighted by Crippen LogP contribution is -2.47. The van der Waals surface area contributed by atoms with Crippen LogP contribution in [0.25, 0.3) is 11.3 Å². The number of pyridine rings is 1. The van der Waals surface area contributed by atoms with Crippen molar-refractivity contribution in [3.8, 4) is 11.3 Å². The maximum Gasteiger partial charge on any atom is 0.124 e. The van der Waals surface area contributed by atoms with E-state index in [4.69, 9.17) is 5.73 Å². The molecule has 0 spiro atoms. The second kappa shape index (κ2) is 9.75. The molecule has 0 amide bonds. The summed E-state index contributed by atoms with van der Waals surface area (Å²) in [7, 11) is 0. The predicted octanol–water partition coefficient (Wildman–Crippen LogP) is 3.75. The van der Waals surface area contributed by atoms with Gasteiger partial charge in [0.05, 0.1) is 5.69 Å². The van der Waals surface area contributed by atoms with E-state index in [0.717, 1.165) is 62.3 Å². The number of hydrogen-bond donors (Lipinski definition) is 1. The third-order valence-electron chi connectivity index (χ3n) is 6.11. The summed E-state index contributed by atoms with van der Waals surface area (Å²) in [6, 6.07) is 20.6. The molecular weight excluding hydrogens is 384 g/mol. The van der Waals surface area contributed by atoms with Crippen molar-refractivity contribution in [1.82, 2.24) is 9.88 Å². The van der Waals surface area contributed by atoms with Gasteiger partial charge in [-0.15, -0.1) is 0 Å². The molecule has 0 unspecified atom stereocenters. The van der Waals surface area contributed by atoms with Crippen LogP contribution in [0.4, 0.5) is 11.5 Å². The standard InChI is InChI=1S/C26H30N4O/c1-20-19-23(24-6-4-8-26(27)28-24)10-9-21(20)11-13-29-14-16-30(17-15-29)25-7-3-2-5-22(25)12-18-31/h2-10,18-19H,11-17H2,1H3,(H2,27,28). The first-order valence-corrected chi connectivity index (χ1v) is 11.0. The summed E-state index contributed by atoms with van der Waals surface area (Å²) in [5.41, 5.74) is 12.9. The zero-order chi connectivity index (χ0) is 21.6. The lowest BCUT2D eigenvalue weighted by atomic mass is 10.0. The molecule has 0 saturated carbocycles. The number of nitrogens with two attached hydrogens (primary N) is 1. The minimum absolute atomic E-state index is 0.483. The third-order valence-corrected chi connectivity index (χ3v) is 6.11. The zero-order valence-electron chi connectivity index (χ0n) is 18.1. The highest BCUT2D eigenvalue weighted by Gasteiger charge is 2.19. The van der Waals surface area contributed by atoms with Gasteiger partial charge in [0, 0.05) is 50.4 Å². The van der Waals surface area contributed by atoms with Crippen LogP contribution in [-0.4, -0.2) is 48.9 Å². The van der Waals surface area contributed by atoms with Crippen LogP contribution in [0.2, 0.25) is 0 Å². The van der Waals surface area contributed by atoms with Crippen molar-refractivity contribution in [3.05, 3.63) is 77.4 Å². The Morgan fingerprint density at radius 3 is 2.52 bits per heavy atom. The van der Waals surface area contributed by atoms with Gasteiger partial charge < -0.3 is 15.4 Å². The first-order valence-electron chi connectivity index (χ1n) is 11.0. The maximum absolute atomic E-state index is 11.0. The van der Waals surface area contributed by atoms with Crippen molar-refractivity contribution >= 4 is 17.8 Å². The highest BCUT2D eigenvalue weighted by molar-refractivity contribution is 5.64. The van der Waals surface area contributed by atoms with E-state index >= 15 is 0 Å². The van der Waals surface area contributed by atoms with Gasteiger partial charge in [-0.2, -0.15) is 0 Å². The number of nitrogens with zero attached hydrogens (tertiary/aromatic N) is 3. The molecule has 31 heavy (non-hydrogen) atoms. The SMILES string of the molecule is Cc1cc(-c2cccc(N)n2)ccc1CCN1CCN(c2ccccc2CC=O)CC1. The van der Waals surface area contributed by atoms with Crippen molar-refractivity contribution in [2.24, 2.45) is 0 Å². The molecule has 2 aromatic carbocycles. The topological polar surface area (TPSA) is 62.5 Å². The Balaban J connectivity index is 1.33. The number of nitrogen functional groups attached to an aromatic ring is 1. The molecule has 3 aromatic rings. The van der Waals surface area contributed by atoms with Gasteiger partial charge >= 0.3 is 0 Å². The Kier molecular flexibility index (Phi) is 6.63. The molecule has 160 valence electrons. The highest BCUT2D eigenvalue weighted by Crippen LogP contribution is 2.24. The van der Waals surface area contributed by atoms with E-state index < -0.39 is 0 Å². The number of carbonyl (C=O) groups is 1. The fourth-order valence-electron chi connectivity index (χ4n) is 4.32. The zero-order valence-corrected chi connectivity index (χ0v) is 18.1. The van der Waals surface area contributed by atoms with Gasteiger partial charge in [0.15, 0.2) is 0 Å². The van der Waals surface area contributed by atoms with Crippen LogP contribution in [0.1, 0.15) is 16.7 Å². The van der Waals surface area contributed by atoms with Gasteiger partial charge in [0.25, 0.3) is 0 Å². The average Bonchev–Trinajstić information content (AvgIpc) is 2.79. The smallest absolute Gasteiger partial charge is 0.124 e. The quantitative estimate of drug-likeness (QED) is 0.597. The van der Waals surface area contributed by atoms with Gasteiger partial charge in [0.2, 0.25) is 0 Å². The molecule has 0 atom stereocenters. The molecule has 1 saturated heterocycles. The van der Waals surface area contributed by atoms with Gasteiger partial charge in [-0.1, -0.05) is 36.4 Å². The molecule has 1 aromatic heterocycles. The van der Waals surface area contributed by atoms with E-state index in [1.807, 2.05) is 24.3 Å². The summed E-state index contributed by atoms with van der Waals surface area (Å²) in [4.78, 5) is 20.4. The number of para-hydroxylation sites is 1. The third kappa shape index (κ3) is 5.12. The molecule has 1 aliphatic rings. The van der Waals surface area contributed by atoms with Crippen LogP contribution in [-0.2, 0) is 17.6 Å². The molecule has 2 N–H and O–H groups in total. The minimum Gasteiger partial charge on any atom is -0.384 e. The molecule has 1 fully saturated rings. The number of rotatable bonds is 7. The van der Waals surface area contributed by atoms with Gasteiger partial charge in [-0.25, -0.2) is 4.98 Å². The summed E-state index contributed by atoms with van der Waals surface area (Å²) in [5, 5.41) is 0. The summed E-state index contributed by atoms with van der Waals surface area (Å²) < 4.78 is 0. The Bertz CT molecular complexity index is 1040. The van der Waals surface area contributed by atoms with Gasteiger partial charge in [0.1, 0.15) is 12.1 Å². The average molecular weight is 415 g/mol. The van der Waals surface area contributed by atoms with Crippen LogP contribution in [0.5, 0.6) is 0 Å². The molecule has 0 radical (unpaired) electrons. The molecule has 5 heteroatoms. The van der Waals surface area contributed by atoms with E-state index in [0.29, 0.717) is 12.2 Å². The van der Waals surface area contributed by atoms with Crippen LogP contribution < -0.4 is 10.6 Å². The second-order valence-corrected chi connectivity index (χ2v) is 8.17. The largest absolute Gasteiger partial charge is 0.384 e. The summed E-state index contributed by atoms with van der Waals surface area (Å²) in [6.45, 7) is 7.30. The Morgan fingerprint density at radius 2 is 1.77 bits per heavy atom. The normalized spacial score (nSPS) is 14.5. The van der Waals surface area contributed by atoms with Crippen molar-refractivity contribution < 1.29 is 4.79 Å². The Morgan fingerprint density at radius 1 is 0.968 bits per heavy atom. The van der Waals surface area contributed by atoms with Crippen LogP contribution in [0.3, 0.4) is 0 Å². The number of hydrogen-bond acceptors (Lipinski definition) is 5. The van der Waals surface area contributed by atoms with Crippen molar-refractivity contribution in [3.63, 3.8) is 0 Å². The second-order valence-electron chi connectivity index (χ2n) is 8.17. The lowest BCUT2D eigenvalue weighted by Gasteiger charge is -2.37. The monoisotopic (exact) mass is 414 g/mol. The molecule has 0 aliphatic carbocycles. The molecule has 0 bridgehead atoms. The fraction of sp³-hybridized carbons (Fsp3) is 0.308. The Hall–Kier alpha value is -3.18. The number of aromatic nitrogens is 1. The lowest BCUT2D eigenvalue weighted by molar-refractivity contribution is -0.107. The van der Waals surface area contributed by atoms with Crippen LogP contribution >= 0.6 is 0 Å². The van der Waals surface area contributed by atoms with Crippen LogP contribution in [0.15, 0.2) is 60.7 Å². The molecule has 1 aliphatic heterocycles. The van der Waals surface area contributed by atoms with Crippen LogP contribution in [0, 0.1) is 6.92 Å². The minimum atomic E-state index is 0.483. The van der Waals surface area contributed by atoms with Crippen molar-refractivity contribution in [1.29, 1.82) is 0 Å². The summed E-state index contributed by atoms with van der Waals surface area (Å²) in [6.07, 6.45) is 2.51. The number of aldehydes is 1. The van der Waals surface area contributed by atoms with Gasteiger partial charge in [-0.3, -0.25) is 4.90 Å².